The molecule has 0 aliphatic carbocycles. The molecular weight excluding hydrogens is 243 g/mol. The van der Waals surface area contributed by atoms with Gasteiger partial charge in [0.05, 0.1) is 13.0 Å². The van der Waals surface area contributed by atoms with E-state index in [-0.39, 0.29) is 22.9 Å². The highest BCUT2D eigenvalue weighted by Gasteiger charge is 2.26. The van der Waals surface area contributed by atoms with Gasteiger partial charge in [0.1, 0.15) is 0 Å². The number of benzene rings is 1. The number of halogens is 4. The SMILES string of the molecule is COc1c(F)cc(Cl)cc1C(CN)C(F)F. The fraction of sp³-hybridized carbons (Fsp3) is 0.400. The van der Waals surface area contributed by atoms with E-state index in [0.29, 0.717) is 0 Å². The molecule has 1 aromatic rings. The summed E-state index contributed by atoms with van der Waals surface area (Å²) in [5.74, 6) is -2.30. The topological polar surface area (TPSA) is 35.2 Å². The van der Waals surface area contributed by atoms with Crippen molar-refractivity contribution >= 4 is 11.6 Å². The van der Waals surface area contributed by atoms with Crippen molar-refractivity contribution in [3.8, 4) is 5.75 Å². The molecule has 0 amide bonds. The Morgan fingerprint density at radius 1 is 1.44 bits per heavy atom. The lowest BCUT2D eigenvalue weighted by Gasteiger charge is -2.18. The molecule has 1 atom stereocenters. The highest BCUT2D eigenvalue weighted by Crippen LogP contribution is 2.34. The van der Waals surface area contributed by atoms with Crippen LogP contribution in [0.5, 0.6) is 5.75 Å². The summed E-state index contributed by atoms with van der Waals surface area (Å²) in [5.41, 5.74) is 5.22. The molecule has 2 nitrogen and oxygen atoms in total. The molecule has 0 aliphatic rings. The van der Waals surface area contributed by atoms with Crippen LogP contribution in [0.2, 0.25) is 5.02 Å². The summed E-state index contributed by atoms with van der Waals surface area (Å²) in [6.07, 6.45) is -2.70. The van der Waals surface area contributed by atoms with Gasteiger partial charge in [0, 0.05) is 17.1 Å². The Morgan fingerprint density at radius 3 is 2.50 bits per heavy atom. The molecule has 90 valence electrons. The van der Waals surface area contributed by atoms with E-state index in [0.717, 1.165) is 6.07 Å². The first kappa shape index (κ1) is 13.1. The Labute approximate surface area is 96.1 Å². The maximum absolute atomic E-state index is 13.4. The van der Waals surface area contributed by atoms with Crippen molar-refractivity contribution in [2.45, 2.75) is 12.3 Å². The summed E-state index contributed by atoms with van der Waals surface area (Å²) in [6.45, 7) is -0.312. The van der Waals surface area contributed by atoms with E-state index in [1.165, 1.54) is 13.2 Å². The molecule has 0 radical (unpaired) electrons. The summed E-state index contributed by atoms with van der Waals surface area (Å²) in [4.78, 5) is 0. The van der Waals surface area contributed by atoms with E-state index in [2.05, 4.69) is 0 Å². The van der Waals surface area contributed by atoms with Crippen LogP contribution in [0, 0.1) is 5.82 Å². The average molecular weight is 254 g/mol. The molecule has 1 aromatic carbocycles. The van der Waals surface area contributed by atoms with Crippen molar-refractivity contribution in [3.63, 3.8) is 0 Å². The molecule has 0 heterocycles. The zero-order valence-corrected chi connectivity index (χ0v) is 9.27. The lowest BCUT2D eigenvalue weighted by atomic mass is 9.98. The first-order valence-electron chi connectivity index (χ1n) is 4.52. The number of methoxy groups -OCH3 is 1. The zero-order valence-electron chi connectivity index (χ0n) is 8.51. The van der Waals surface area contributed by atoms with E-state index >= 15 is 0 Å². The van der Waals surface area contributed by atoms with Crippen molar-refractivity contribution in [1.29, 1.82) is 0 Å². The van der Waals surface area contributed by atoms with Crippen molar-refractivity contribution in [2.75, 3.05) is 13.7 Å². The van der Waals surface area contributed by atoms with Gasteiger partial charge in [0.2, 0.25) is 6.43 Å². The Bertz CT molecular complexity index is 373. The lowest BCUT2D eigenvalue weighted by molar-refractivity contribution is 0.115. The Balaban J connectivity index is 3.29. The minimum atomic E-state index is -2.70. The second kappa shape index (κ2) is 5.41. The standard InChI is InChI=1S/C10H11ClF3NO/c1-16-9-6(7(4-15)10(13)14)2-5(11)3-8(9)12/h2-3,7,10H,4,15H2,1H3. The van der Waals surface area contributed by atoms with Gasteiger partial charge in [0.15, 0.2) is 11.6 Å². The van der Waals surface area contributed by atoms with Gasteiger partial charge in [-0.25, -0.2) is 13.2 Å². The van der Waals surface area contributed by atoms with Crippen molar-refractivity contribution in [2.24, 2.45) is 5.73 Å². The number of nitrogens with two attached hydrogens (primary N) is 1. The summed E-state index contributed by atoms with van der Waals surface area (Å²) in [7, 11) is 1.20. The molecule has 16 heavy (non-hydrogen) atoms. The fourth-order valence-corrected chi connectivity index (χ4v) is 1.65. The third kappa shape index (κ3) is 2.59. The maximum atomic E-state index is 13.4. The van der Waals surface area contributed by atoms with Crippen molar-refractivity contribution < 1.29 is 17.9 Å². The van der Waals surface area contributed by atoms with Gasteiger partial charge in [-0.05, 0) is 12.1 Å². The highest BCUT2D eigenvalue weighted by atomic mass is 35.5. The van der Waals surface area contributed by atoms with E-state index in [9.17, 15) is 13.2 Å². The van der Waals surface area contributed by atoms with Gasteiger partial charge in [-0.2, -0.15) is 0 Å². The van der Waals surface area contributed by atoms with Crippen LogP contribution in [-0.2, 0) is 0 Å². The number of hydrogen-bond acceptors (Lipinski definition) is 2. The lowest BCUT2D eigenvalue weighted by Crippen LogP contribution is -2.20. The van der Waals surface area contributed by atoms with Crippen LogP contribution in [-0.4, -0.2) is 20.1 Å². The fourth-order valence-electron chi connectivity index (χ4n) is 1.44. The number of rotatable bonds is 4. The predicted molar refractivity (Wildman–Crippen MR) is 55.8 cm³/mol. The molecule has 6 heteroatoms. The quantitative estimate of drug-likeness (QED) is 0.896. The van der Waals surface area contributed by atoms with E-state index in [1.54, 1.807) is 0 Å². The van der Waals surface area contributed by atoms with Crippen LogP contribution in [0.1, 0.15) is 11.5 Å². The summed E-state index contributed by atoms with van der Waals surface area (Å²) in [5, 5.41) is 0.0346. The largest absolute Gasteiger partial charge is 0.493 e. The molecule has 0 aliphatic heterocycles. The van der Waals surface area contributed by atoms with Gasteiger partial charge in [0.25, 0.3) is 0 Å². The molecule has 1 unspecified atom stereocenters. The van der Waals surface area contributed by atoms with Gasteiger partial charge >= 0.3 is 0 Å². The average Bonchev–Trinajstić information content (AvgIpc) is 2.17. The molecule has 0 spiro atoms. The monoisotopic (exact) mass is 253 g/mol. The summed E-state index contributed by atoms with van der Waals surface area (Å²) < 4.78 is 43.4. The molecular formula is C10H11ClF3NO. The first-order chi connectivity index (χ1) is 7.51. The smallest absolute Gasteiger partial charge is 0.246 e. The van der Waals surface area contributed by atoms with Crippen molar-refractivity contribution in [1.82, 2.24) is 0 Å². The van der Waals surface area contributed by atoms with Gasteiger partial charge in [-0.15, -0.1) is 0 Å². The van der Waals surface area contributed by atoms with Gasteiger partial charge < -0.3 is 10.5 Å². The molecule has 0 bridgehead atoms. The van der Waals surface area contributed by atoms with Gasteiger partial charge in [-0.1, -0.05) is 11.6 Å². The third-order valence-corrected chi connectivity index (χ3v) is 2.42. The maximum Gasteiger partial charge on any atom is 0.246 e. The minimum Gasteiger partial charge on any atom is -0.493 e. The van der Waals surface area contributed by atoms with Gasteiger partial charge in [-0.3, -0.25) is 0 Å². The minimum absolute atomic E-state index is 0.00926. The highest BCUT2D eigenvalue weighted by molar-refractivity contribution is 6.30. The third-order valence-electron chi connectivity index (χ3n) is 2.20. The normalized spacial score (nSPS) is 12.9. The van der Waals surface area contributed by atoms with Crippen LogP contribution in [0.4, 0.5) is 13.2 Å². The summed E-state index contributed by atoms with van der Waals surface area (Å²) in [6, 6.07) is 2.25. The molecule has 0 fully saturated rings. The van der Waals surface area contributed by atoms with Crippen LogP contribution >= 0.6 is 11.6 Å². The van der Waals surface area contributed by atoms with Crippen LogP contribution in [0.3, 0.4) is 0 Å². The van der Waals surface area contributed by atoms with E-state index in [1.807, 2.05) is 0 Å². The number of ether oxygens (including phenoxy) is 1. The second-order valence-electron chi connectivity index (χ2n) is 3.19. The first-order valence-corrected chi connectivity index (χ1v) is 4.90. The second-order valence-corrected chi connectivity index (χ2v) is 3.62. The Kier molecular flexibility index (Phi) is 4.44. The van der Waals surface area contributed by atoms with E-state index in [4.69, 9.17) is 22.1 Å². The Morgan fingerprint density at radius 2 is 2.06 bits per heavy atom. The summed E-state index contributed by atoms with van der Waals surface area (Å²) >= 11 is 5.60. The zero-order chi connectivity index (χ0) is 12.3. The predicted octanol–water partition coefficient (Wildman–Crippen LogP) is 2.80. The van der Waals surface area contributed by atoms with E-state index < -0.39 is 18.2 Å². The molecule has 2 N–H and O–H groups in total. The molecule has 0 aromatic heterocycles. The molecule has 1 rings (SSSR count). The number of alkyl halides is 2. The Hall–Kier alpha value is -0.940. The molecule has 0 saturated carbocycles. The number of hydrogen-bond donors (Lipinski definition) is 1. The van der Waals surface area contributed by atoms with Crippen molar-refractivity contribution in [3.05, 3.63) is 28.5 Å². The molecule has 0 saturated heterocycles. The van der Waals surface area contributed by atoms with Crippen LogP contribution in [0.25, 0.3) is 0 Å². The van der Waals surface area contributed by atoms with Crippen LogP contribution < -0.4 is 10.5 Å². The van der Waals surface area contributed by atoms with Crippen LogP contribution in [0.15, 0.2) is 12.1 Å².